The minimum atomic E-state index is 0.639. The van der Waals surface area contributed by atoms with E-state index in [9.17, 15) is 0 Å². The summed E-state index contributed by atoms with van der Waals surface area (Å²) >= 11 is 0. The molecule has 0 fully saturated rings. The molecule has 0 saturated carbocycles. The van der Waals surface area contributed by atoms with Crippen LogP contribution in [0.15, 0.2) is 42.5 Å². The highest BCUT2D eigenvalue weighted by Gasteiger charge is 2.10. The smallest absolute Gasteiger partial charge is 0.119 e. The van der Waals surface area contributed by atoms with Gasteiger partial charge in [0.2, 0.25) is 0 Å². The minimum Gasteiger partial charge on any atom is -0.497 e. The number of methoxy groups -OCH3 is 1. The second-order valence-corrected chi connectivity index (χ2v) is 4.34. The van der Waals surface area contributed by atoms with E-state index in [0.717, 1.165) is 12.3 Å². The molecule has 1 aromatic heterocycles. The van der Waals surface area contributed by atoms with Gasteiger partial charge in [0.15, 0.2) is 0 Å². The molecule has 3 rings (SSSR count). The Balaban J connectivity index is 2.41. The Kier molecular flexibility index (Phi) is 2.68. The summed E-state index contributed by atoms with van der Waals surface area (Å²) in [5.74, 6) is 0.887. The zero-order chi connectivity index (χ0) is 12.5. The predicted molar refractivity (Wildman–Crippen MR) is 75.1 cm³/mol. The topological polar surface area (TPSA) is 40.2 Å². The molecule has 0 saturated heterocycles. The fraction of sp³-hybridized carbons (Fsp3) is 0.200. The van der Waals surface area contributed by atoms with Crippen LogP contribution in [0.25, 0.3) is 21.8 Å². The second kappa shape index (κ2) is 4.35. The number of nitrogens with zero attached hydrogens (tertiary/aromatic N) is 1. The molecule has 1 heterocycles. The largest absolute Gasteiger partial charge is 0.497 e. The van der Waals surface area contributed by atoms with Crippen LogP contribution >= 0.6 is 0 Å². The van der Waals surface area contributed by atoms with Crippen molar-refractivity contribution in [2.24, 2.45) is 5.73 Å². The SMILES string of the molecule is COc1ccc2c(c1)c1ccccc1n2CCN. The number of para-hydroxylation sites is 1. The lowest BCUT2D eigenvalue weighted by molar-refractivity contribution is 0.415. The van der Waals surface area contributed by atoms with Crippen LogP contribution in [-0.2, 0) is 6.54 Å². The Bertz CT molecular complexity index is 700. The first kappa shape index (κ1) is 11.1. The molecule has 0 aliphatic rings. The van der Waals surface area contributed by atoms with Crippen molar-refractivity contribution in [3.05, 3.63) is 42.5 Å². The number of rotatable bonds is 3. The van der Waals surface area contributed by atoms with Gasteiger partial charge in [-0.2, -0.15) is 0 Å². The summed E-state index contributed by atoms with van der Waals surface area (Å²) in [5, 5.41) is 2.47. The number of hydrogen-bond donors (Lipinski definition) is 1. The molecule has 2 N–H and O–H groups in total. The Labute approximate surface area is 106 Å². The third kappa shape index (κ3) is 1.56. The summed E-state index contributed by atoms with van der Waals surface area (Å²) in [6.45, 7) is 1.47. The van der Waals surface area contributed by atoms with Crippen LogP contribution in [0.3, 0.4) is 0 Å². The third-order valence-corrected chi connectivity index (χ3v) is 3.33. The van der Waals surface area contributed by atoms with Crippen LogP contribution in [0.5, 0.6) is 5.75 Å². The van der Waals surface area contributed by atoms with Gasteiger partial charge in [-0.1, -0.05) is 18.2 Å². The summed E-state index contributed by atoms with van der Waals surface area (Å²) < 4.78 is 7.57. The predicted octanol–water partition coefficient (Wildman–Crippen LogP) is 2.76. The molecule has 0 bridgehead atoms. The zero-order valence-electron chi connectivity index (χ0n) is 10.4. The molecule has 0 unspecified atom stereocenters. The van der Waals surface area contributed by atoms with Crippen LogP contribution in [0.1, 0.15) is 0 Å². The molecule has 3 heteroatoms. The summed E-state index contributed by atoms with van der Waals surface area (Å²) in [4.78, 5) is 0. The van der Waals surface area contributed by atoms with Crippen LogP contribution in [0.2, 0.25) is 0 Å². The zero-order valence-corrected chi connectivity index (χ0v) is 10.4. The van der Waals surface area contributed by atoms with Crippen molar-refractivity contribution in [2.75, 3.05) is 13.7 Å². The molecular weight excluding hydrogens is 224 g/mol. The molecule has 0 atom stereocenters. The maximum atomic E-state index is 5.71. The van der Waals surface area contributed by atoms with Gasteiger partial charge in [-0.25, -0.2) is 0 Å². The van der Waals surface area contributed by atoms with Crippen molar-refractivity contribution >= 4 is 21.8 Å². The lowest BCUT2D eigenvalue weighted by Gasteiger charge is -2.05. The fourth-order valence-electron chi connectivity index (χ4n) is 2.53. The molecule has 0 spiro atoms. The van der Waals surface area contributed by atoms with E-state index in [1.165, 1.54) is 21.8 Å². The van der Waals surface area contributed by atoms with E-state index in [0.29, 0.717) is 6.54 Å². The molecule has 3 nitrogen and oxygen atoms in total. The average Bonchev–Trinajstić information content (AvgIpc) is 2.74. The van der Waals surface area contributed by atoms with Gasteiger partial charge in [0.05, 0.1) is 7.11 Å². The highest BCUT2D eigenvalue weighted by Crippen LogP contribution is 2.31. The molecule has 0 amide bonds. The molecule has 0 radical (unpaired) electrons. The second-order valence-electron chi connectivity index (χ2n) is 4.34. The number of aromatic nitrogens is 1. The van der Waals surface area contributed by atoms with E-state index in [4.69, 9.17) is 10.5 Å². The van der Waals surface area contributed by atoms with Crippen molar-refractivity contribution in [1.29, 1.82) is 0 Å². The normalized spacial score (nSPS) is 11.2. The third-order valence-electron chi connectivity index (χ3n) is 3.33. The van der Waals surface area contributed by atoms with E-state index in [2.05, 4.69) is 41.0 Å². The van der Waals surface area contributed by atoms with Crippen molar-refractivity contribution in [3.63, 3.8) is 0 Å². The molecular formula is C15H16N2O. The molecule has 92 valence electrons. The number of nitrogens with two attached hydrogens (primary N) is 1. The quantitative estimate of drug-likeness (QED) is 0.764. The fourth-order valence-corrected chi connectivity index (χ4v) is 2.53. The number of fused-ring (bicyclic) bond motifs is 3. The lowest BCUT2D eigenvalue weighted by atomic mass is 10.1. The highest BCUT2D eigenvalue weighted by atomic mass is 16.5. The summed E-state index contributed by atoms with van der Waals surface area (Å²) in [7, 11) is 1.69. The van der Waals surface area contributed by atoms with Gasteiger partial charge < -0.3 is 15.0 Å². The Morgan fingerprint density at radius 3 is 2.61 bits per heavy atom. The van der Waals surface area contributed by atoms with Crippen LogP contribution in [0.4, 0.5) is 0 Å². The van der Waals surface area contributed by atoms with Gasteiger partial charge in [-0.05, 0) is 24.3 Å². The van der Waals surface area contributed by atoms with Crippen LogP contribution < -0.4 is 10.5 Å². The van der Waals surface area contributed by atoms with E-state index < -0.39 is 0 Å². The Hall–Kier alpha value is -2.00. The summed E-state index contributed by atoms with van der Waals surface area (Å²) in [6, 6.07) is 14.6. The van der Waals surface area contributed by atoms with E-state index >= 15 is 0 Å². The van der Waals surface area contributed by atoms with E-state index in [1.807, 2.05) is 6.07 Å². The molecule has 0 aliphatic heterocycles. The average molecular weight is 240 g/mol. The Morgan fingerprint density at radius 2 is 1.83 bits per heavy atom. The monoisotopic (exact) mass is 240 g/mol. The lowest BCUT2D eigenvalue weighted by Crippen LogP contribution is -2.09. The van der Waals surface area contributed by atoms with Crippen molar-refractivity contribution in [3.8, 4) is 5.75 Å². The van der Waals surface area contributed by atoms with Crippen molar-refractivity contribution < 1.29 is 4.74 Å². The highest BCUT2D eigenvalue weighted by molar-refractivity contribution is 6.08. The van der Waals surface area contributed by atoms with Gasteiger partial charge in [0.25, 0.3) is 0 Å². The van der Waals surface area contributed by atoms with Gasteiger partial charge in [0, 0.05) is 34.9 Å². The van der Waals surface area contributed by atoms with Gasteiger partial charge >= 0.3 is 0 Å². The van der Waals surface area contributed by atoms with E-state index in [-0.39, 0.29) is 0 Å². The van der Waals surface area contributed by atoms with E-state index in [1.54, 1.807) is 7.11 Å². The molecule has 0 aliphatic carbocycles. The maximum Gasteiger partial charge on any atom is 0.119 e. The first-order chi connectivity index (χ1) is 8.85. The van der Waals surface area contributed by atoms with Gasteiger partial charge in [0.1, 0.15) is 5.75 Å². The van der Waals surface area contributed by atoms with Crippen LogP contribution in [0, 0.1) is 0 Å². The number of benzene rings is 2. The summed E-state index contributed by atoms with van der Waals surface area (Å²) in [6.07, 6.45) is 0. The summed E-state index contributed by atoms with van der Waals surface area (Å²) in [5.41, 5.74) is 8.15. The molecule has 18 heavy (non-hydrogen) atoms. The van der Waals surface area contributed by atoms with Gasteiger partial charge in [-0.3, -0.25) is 0 Å². The Morgan fingerprint density at radius 1 is 1.06 bits per heavy atom. The first-order valence-corrected chi connectivity index (χ1v) is 6.10. The number of ether oxygens (including phenoxy) is 1. The maximum absolute atomic E-state index is 5.71. The molecule has 3 aromatic rings. The first-order valence-electron chi connectivity index (χ1n) is 6.10. The molecule has 2 aromatic carbocycles. The van der Waals surface area contributed by atoms with Crippen LogP contribution in [-0.4, -0.2) is 18.2 Å². The standard InChI is InChI=1S/C15H16N2O/c1-18-11-6-7-15-13(10-11)12-4-2-3-5-14(12)17(15)9-8-16/h2-7,10H,8-9,16H2,1H3. The van der Waals surface area contributed by atoms with Gasteiger partial charge in [-0.15, -0.1) is 0 Å². The van der Waals surface area contributed by atoms with Crippen molar-refractivity contribution in [1.82, 2.24) is 4.57 Å². The minimum absolute atomic E-state index is 0.639. The number of hydrogen-bond acceptors (Lipinski definition) is 2. The van der Waals surface area contributed by atoms with Crippen molar-refractivity contribution in [2.45, 2.75) is 6.54 Å².